The van der Waals surface area contributed by atoms with Gasteiger partial charge in [0, 0.05) is 17.8 Å². The van der Waals surface area contributed by atoms with Crippen LogP contribution in [-0.2, 0) is 13.0 Å². The molecule has 0 spiro atoms. The third kappa shape index (κ3) is 5.60. The van der Waals surface area contributed by atoms with Gasteiger partial charge in [-0.15, -0.1) is 11.3 Å². The number of ether oxygens (including phenoxy) is 1. The number of furan rings is 1. The maximum atomic E-state index is 14.0. The molecule has 0 aliphatic carbocycles. The minimum absolute atomic E-state index is 0.126. The fourth-order valence-corrected chi connectivity index (χ4v) is 3.34. The van der Waals surface area contributed by atoms with Crippen LogP contribution in [0.25, 0.3) is 0 Å². The molecule has 1 aromatic carbocycles. The zero-order chi connectivity index (χ0) is 19.8. The van der Waals surface area contributed by atoms with Gasteiger partial charge in [0.05, 0.1) is 26.0 Å². The van der Waals surface area contributed by atoms with Gasteiger partial charge in [0.2, 0.25) is 0 Å². The van der Waals surface area contributed by atoms with Gasteiger partial charge in [-0.05, 0) is 48.2 Å². The Morgan fingerprint density at radius 1 is 1.29 bits per heavy atom. The van der Waals surface area contributed by atoms with E-state index in [-0.39, 0.29) is 17.6 Å². The highest BCUT2D eigenvalue weighted by Gasteiger charge is 2.12. The molecule has 1 atom stereocenters. The second-order valence-electron chi connectivity index (χ2n) is 6.26. The Kier molecular flexibility index (Phi) is 7.08. The van der Waals surface area contributed by atoms with E-state index in [1.54, 1.807) is 23.7 Å². The number of nitrogens with zero attached hydrogens (tertiary/aromatic N) is 1. The second kappa shape index (κ2) is 9.94. The van der Waals surface area contributed by atoms with Crippen molar-refractivity contribution in [1.29, 1.82) is 0 Å². The van der Waals surface area contributed by atoms with E-state index in [4.69, 9.17) is 9.15 Å². The largest absolute Gasteiger partial charge is 0.494 e. The number of nitrogens with one attached hydrogen (secondary N) is 2. The van der Waals surface area contributed by atoms with Crippen LogP contribution in [0.2, 0.25) is 0 Å². The molecule has 0 aliphatic heterocycles. The summed E-state index contributed by atoms with van der Waals surface area (Å²) in [5, 5.41) is 8.70. The highest BCUT2D eigenvalue weighted by molar-refractivity contribution is 7.09. The van der Waals surface area contributed by atoms with Gasteiger partial charge in [-0.25, -0.2) is 9.38 Å². The Bertz CT molecular complexity index is 879. The SMILES string of the molecule is COc1ccc(C(C)NC(=NCc2cccs2)NCCc2ccco2)cc1F. The van der Waals surface area contributed by atoms with Gasteiger partial charge in [0.15, 0.2) is 17.5 Å². The summed E-state index contributed by atoms with van der Waals surface area (Å²) in [7, 11) is 1.46. The molecule has 0 saturated heterocycles. The zero-order valence-electron chi connectivity index (χ0n) is 15.9. The average molecular weight is 402 g/mol. The fourth-order valence-electron chi connectivity index (χ4n) is 2.71. The van der Waals surface area contributed by atoms with Crippen molar-refractivity contribution in [1.82, 2.24) is 10.6 Å². The smallest absolute Gasteiger partial charge is 0.192 e. The molecule has 0 amide bonds. The van der Waals surface area contributed by atoms with Crippen LogP contribution in [0.5, 0.6) is 5.75 Å². The van der Waals surface area contributed by atoms with Gasteiger partial charge >= 0.3 is 0 Å². The highest BCUT2D eigenvalue weighted by Crippen LogP contribution is 2.21. The lowest BCUT2D eigenvalue weighted by Crippen LogP contribution is -2.39. The van der Waals surface area contributed by atoms with Crippen LogP contribution in [0, 0.1) is 5.82 Å². The van der Waals surface area contributed by atoms with E-state index in [0.29, 0.717) is 19.0 Å². The monoisotopic (exact) mass is 401 g/mol. The van der Waals surface area contributed by atoms with E-state index in [1.165, 1.54) is 18.1 Å². The first-order valence-electron chi connectivity index (χ1n) is 9.08. The lowest BCUT2D eigenvalue weighted by molar-refractivity contribution is 0.386. The van der Waals surface area contributed by atoms with Gasteiger partial charge in [-0.3, -0.25) is 0 Å². The Balaban J connectivity index is 1.66. The minimum Gasteiger partial charge on any atom is -0.494 e. The van der Waals surface area contributed by atoms with E-state index < -0.39 is 0 Å². The van der Waals surface area contributed by atoms with Crippen LogP contribution in [0.1, 0.15) is 29.2 Å². The molecule has 0 radical (unpaired) electrons. The molecule has 0 bridgehead atoms. The van der Waals surface area contributed by atoms with E-state index >= 15 is 0 Å². The molecule has 2 heterocycles. The molecule has 2 N–H and O–H groups in total. The summed E-state index contributed by atoms with van der Waals surface area (Å²) in [6.45, 7) is 3.22. The first-order chi connectivity index (χ1) is 13.7. The minimum atomic E-state index is -0.378. The standard InChI is InChI=1S/C21H24FN3O2S/c1-15(16-7-8-20(26-2)19(22)13-16)25-21(24-14-18-6-4-12-28-18)23-10-9-17-5-3-11-27-17/h3-8,11-13,15H,9-10,14H2,1-2H3,(H2,23,24,25). The Morgan fingerprint density at radius 2 is 2.18 bits per heavy atom. The van der Waals surface area contributed by atoms with Crippen LogP contribution in [0.3, 0.4) is 0 Å². The molecule has 0 fully saturated rings. The average Bonchev–Trinajstić information content (AvgIpc) is 3.40. The van der Waals surface area contributed by atoms with Crippen LogP contribution >= 0.6 is 11.3 Å². The topological polar surface area (TPSA) is 58.8 Å². The Morgan fingerprint density at radius 3 is 2.86 bits per heavy atom. The highest BCUT2D eigenvalue weighted by atomic mass is 32.1. The van der Waals surface area contributed by atoms with E-state index in [9.17, 15) is 4.39 Å². The molecule has 3 aromatic rings. The van der Waals surface area contributed by atoms with E-state index in [2.05, 4.69) is 21.7 Å². The molecule has 0 aliphatic rings. The second-order valence-corrected chi connectivity index (χ2v) is 7.29. The summed E-state index contributed by atoms with van der Waals surface area (Å²) in [5.41, 5.74) is 0.815. The summed E-state index contributed by atoms with van der Waals surface area (Å²) in [6, 6.07) is 12.7. The number of methoxy groups -OCH3 is 1. The predicted octanol–water partition coefficient (Wildman–Crippen LogP) is 4.53. The van der Waals surface area contributed by atoms with Crippen molar-refractivity contribution in [3.05, 3.63) is 76.1 Å². The van der Waals surface area contributed by atoms with Crippen molar-refractivity contribution in [2.24, 2.45) is 4.99 Å². The maximum Gasteiger partial charge on any atom is 0.192 e. The first kappa shape index (κ1) is 19.9. The predicted molar refractivity (Wildman–Crippen MR) is 110 cm³/mol. The van der Waals surface area contributed by atoms with Crippen molar-refractivity contribution in [2.45, 2.75) is 25.9 Å². The molecule has 28 heavy (non-hydrogen) atoms. The van der Waals surface area contributed by atoms with Gasteiger partial charge in [0.25, 0.3) is 0 Å². The van der Waals surface area contributed by atoms with Crippen LogP contribution in [0.15, 0.2) is 63.5 Å². The number of benzene rings is 1. The van der Waals surface area contributed by atoms with Crippen LogP contribution < -0.4 is 15.4 Å². The molecule has 2 aromatic heterocycles. The molecule has 7 heteroatoms. The normalized spacial score (nSPS) is 12.6. The third-order valence-electron chi connectivity index (χ3n) is 4.25. The van der Waals surface area contributed by atoms with Crippen molar-refractivity contribution in [3.8, 4) is 5.75 Å². The molecular formula is C21H24FN3O2S. The van der Waals surface area contributed by atoms with Gasteiger partial charge in [0.1, 0.15) is 5.76 Å². The Labute approximate surface area is 168 Å². The van der Waals surface area contributed by atoms with Crippen molar-refractivity contribution >= 4 is 17.3 Å². The summed E-state index contributed by atoms with van der Waals surface area (Å²) < 4.78 is 24.4. The first-order valence-corrected chi connectivity index (χ1v) is 9.96. The summed E-state index contributed by atoms with van der Waals surface area (Å²) in [4.78, 5) is 5.84. The number of thiophene rings is 1. The maximum absolute atomic E-state index is 14.0. The third-order valence-corrected chi connectivity index (χ3v) is 5.11. The number of hydrogen-bond donors (Lipinski definition) is 2. The molecule has 1 unspecified atom stereocenters. The molecule has 0 saturated carbocycles. The van der Waals surface area contributed by atoms with Crippen LogP contribution in [0.4, 0.5) is 4.39 Å². The quantitative estimate of drug-likeness (QED) is 0.430. The van der Waals surface area contributed by atoms with Gasteiger partial charge < -0.3 is 19.8 Å². The van der Waals surface area contributed by atoms with Crippen LogP contribution in [-0.4, -0.2) is 19.6 Å². The number of rotatable bonds is 8. The van der Waals surface area contributed by atoms with Crippen molar-refractivity contribution in [3.63, 3.8) is 0 Å². The summed E-state index contributed by atoms with van der Waals surface area (Å²) >= 11 is 1.67. The van der Waals surface area contributed by atoms with Gasteiger partial charge in [-0.2, -0.15) is 0 Å². The Hall–Kier alpha value is -2.80. The lowest BCUT2D eigenvalue weighted by Gasteiger charge is -2.19. The zero-order valence-corrected chi connectivity index (χ0v) is 16.8. The molecule has 3 rings (SSSR count). The summed E-state index contributed by atoms with van der Waals surface area (Å²) in [6.07, 6.45) is 2.41. The fraction of sp³-hybridized carbons (Fsp3) is 0.286. The van der Waals surface area contributed by atoms with Crippen molar-refractivity contribution in [2.75, 3.05) is 13.7 Å². The van der Waals surface area contributed by atoms with Crippen molar-refractivity contribution < 1.29 is 13.5 Å². The number of guanidine groups is 1. The van der Waals surface area contributed by atoms with E-state index in [0.717, 1.165) is 17.7 Å². The van der Waals surface area contributed by atoms with Gasteiger partial charge in [-0.1, -0.05) is 12.1 Å². The molecule has 5 nitrogen and oxygen atoms in total. The number of hydrogen-bond acceptors (Lipinski definition) is 4. The number of halogens is 1. The lowest BCUT2D eigenvalue weighted by atomic mass is 10.1. The molecule has 148 valence electrons. The number of aliphatic imine (C=N–C) groups is 1. The summed E-state index contributed by atoms with van der Waals surface area (Å²) in [5.74, 6) is 1.44. The van der Waals surface area contributed by atoms with E-state index in [1.807, 2.05) is 36.6 Å². The molecular weight excluding hydrogens is 377 g/mol.